The fourth-order valence-corrected chi connectivity index (χ4v) is 4.51. The number of hydrogen-bond acceptors (Lipinski definition) is 4. The van der Waals surface area contributed by atoms with Gasteiger partial charge in [-0.3, -0.25) is 14.1 Å². The first-order valence-corrected chi connectivity index (χ1v) is 11.4. The molecule has 2 aromatic rings. The van der Waals surface area contributed by atoms with Gasteiger partial charge < -0.3 is 15.1 Å². The molecule has 1 aliphatic heterocycles. The van der Waals surface area contributed by atoms with Crippen LogP contribution in [0.2, 0.25) is 0 Å². The number of aliphatic imine (C=N–C) groups is 1. The van der Waals surface area contributed by atoms with E-state index in [0.29, 0.717) is 18.1 Å². The van der Waals surface area contributed by atoms with Crippen molar-refractivity contribution in [1.29, 1.82) is 0 Å². The normalized spacial score (nSPS) is 16.8. The standard InChI is InChI=1S/C21H30N4O2S.HI/c1-22-21(23-11-15-28(26)17-18-8-3-2-4-9-18)24-16-19(20-10-7-14-27-20)25-12-5-6-13-25;/h2-4,7-10,14,19H,5-6,11-13,15-17H2,1H3,(H2,22,23,24);1H. The van der Waals surface area contributed by atoms with Crippen LogP contribution in [0.15, 0.2) is 58.1 Å². The zero-order valence-corrected chi connectivity index (χ0v) is 20.0. The quantitative estimate of drug-likeness (QED) is 0.296. The molecule has 0 amide bonds. The molecule has 0 aliphatic carbocycles. The van der Waals surface area contributed by atoms with Crippen molar-refractivity contribution in [3.8, 4) is 0 Å². The molecule has 2 atom stereocenters. The molecule has 160 valence electrons. The van der Waals surface area contributed by atoms with Gasteiger partial charge in [0.05, 0.1) is 12.3 Å². The number of likely N-dealkylation sites (tertiary alicyclic amines) is 1. The molecule has 3 rings (SSSR count). The number of halogens is 1. The Morgan fingerprint density at radius 3 is 2.59 bits per heavy atom. The smallest absolute Gasteiger partial charge is 0.191 e. The molecule has 29 heavy (non-hydrogen) atoms. The monoisotopic (exact) mass is 530 g/mol. The second-order valence-corrected chi connectivity index (χ2v) is 8.50. The van der Waals surface area contributed by atoms with Crippen molar-refractivity contribution in [2.45, 2.75) is 24.6 Å². The number of hydrogen-bond donors (Lipinski definition) is 2. The van der Waals surface area contributed by atoms with E-state index in [4.69, 9.17) is 4.42 Å². The van der Waals surface area contributed by atoms with Crippen LogP contribution in [0.5, 0.6) is 0 Å². The summed E-state index contributed by atoms with van der Waals surface area (Å²) in [7, 11) is 0.861. The van der Waals surface area contributed by atoms with Crippen LogP contribution in [0.3, 0.4) is 0 Å². The predicted molar refractivity (Wildman–Crippen MR) is 130 cm³/mol. The highest BCUT2D eigenvalue weighted by atomic mass is 127. The zero-order chi connectivity index (χ0) is 19.6. The molecule has 2 heterocycles. The minimum Gasteiger partial charge on any atom is -0.468 e. The molecule has 6 nitrogen and oxygen atoms in total. The molecule has 1 aromatic carbocycles. The molecule has 1 fully saturated rings. The lowest BCUT2D eigenvalue weighted by molar-refractivity contribution is 0.215. The third-order valence-electron chi connectivity index (χ3n) is 4.93. The first-order chi connectivity index (χ1) is 13.8. The Kier molecular flexibility index (Phi) is 10.7. The average molecular weight is 530 g/mol. The van der Waals surface area contributed by atoms with Crippen LogP contribution in [0.1, 0.15) is 30.2 Å². The van der Waals surface area contributed by atoms with Crippen LogP contribution in [-0.2, 0) is 16.6 Å². The van der Waals surface area contributed by atoms with Crippen molar-refractivity contribution in [2.75, 3.05) is 39.0 Å². The molecule has 0 spiro atoms. The Balaban J connectivity index is 0.00000300. The van der Waals surface area contributed by atoms with E-state index in [1.807, 2.05) is 42.5 Å². The SMILES string of the molecule is CN=C(NCCS(=O)Cc1ccccc1)NCC(c1ccco1)N1CCCC1.I. The number of nitrogens with one attached hydrogen (secondary N) is 2. The summed E-state index contributed by atoms with van der Waals surface area (Å²) in [5, 5.41) is 6.67. The van der Waals surface area contributed by atoms with E-state index in [1.165, 1.54) is 12.8 Å². The molecule has 0 bridgehead atoms. The molecule has 2 N–H and O–H groups in total. The summed E-state index contributed by atoms with van der Waals surface area (Å²) < 4.78 is 17.9. The number of rotatable bonds is 9. The Labute approximate surface area is 193 Å². The third kappa shape index (κ3) is 7.75. The maximum atomic E-state index is 12.3. The minimum absolute atomic E-state index is 0. The average Bonchev–Trinajstić information content (AvgIpc) is 3.42. The molecular formula is C21H31IN4O2S. The van der Waals surface area contributed by atoms with E-state index in [0.717, 1.165) is 36.9 Å². The summed E-state index contributed by atoms with van der Waals surface area (Å²) in [6.45, 7) is 3.53. The first-order valence-electron chi connectivity index (χ1n) is 9.87. The predicted octanol–water partition coefficient (Wildman–Crippen LogP) is 3.15. The number of furan rings is 1. The number of guanidine groups is 1. The summed E-state index contributed by atoms with van der Waals surface area (Å²) in [6, 6.07) is 14.1. The Hall–Kier alpha value is -1.39. The zero-order valence-electron chi connectivity index (χ0n) is 16.9. The van der Waals surface area contributed by atoms with Gasteiger partial charge in [0.1, 0.15) is 5.76 Å². The van der Waals surface area contributed by atoms with Crippen molar-refractivity contribution in [3.63, 3.8) is 0 Å². The summed E-state index contributed by atoms with van der Waals surface area (Å²) in [6.07, 6.45) is 4.20. The van der Waals surface area contributed by atoms with Crippen LogP contribution in [-0.4, -0.2) is 54.0 Å². The molecule has 1 aliphatic rings. The van der Waals surface area contributed by atoms with Crippen molar-refractivity contribution in [3.05, 3.63) is 60.1 Å². The van der Waals surface area contributed by atoms with Gasteiger partial charge in [-0.2, -0.15) is 0 Å². The van der Waals surface area contributed by atoms with Gasteiger partial charge in [0.15, 0.2) is 5.96 Å². The highest BCUT2D eigenvalue weighted by molar-refractivity contribution is 14.0. The lowest BCUT2D eigenvalue weighted by Crippen LogP contribution is -2.43. The largest absolute Gasteiger partial charge is 0.468 e. The lowest BCUT2D eigenvalue weighted by atomic mass is 10.2. The summed E-state index contributed by atoms with van der Waals surface area (Å²) in [4.78, 5) is 6.75. The van der Waals surface area contributed by atoms with Crippen LogP contribution in [0.25, 0.3) is 0 Å². The van der Waals surface area contributed by atoms with E-state index >= 15 is 0 Å². The maximum absolute atomic E-state index is 12.3. The van der Waals surface area contributed by atoms with E-state index in [9.17, 15) is 4.21 Å². The van der Waals surface area contributed by atoms with E-state index in [1.54, 1.807) is 13.3 Å². The Bertz CT molecular complexity index is 749. The molecule has 1 aromatic heterocycles. The van der Waals surface area contributed by atoms with Gasteiger partial charge in [-0.05, 0) is 43.6 Å². The summed E-state index contributed by atoms with van der Waals surface area (Å²) >= 11 is 0. The second-order valence-electron chi connectivity index (χ2n) is 6.93. The van der Waals surface area contributed by atoms with E-state index in [-0.39, 0.29) is 30.0 Å². The van der Waals surface area contributed by atoms with E-state index < -0.39 is 10.8 Å². The van der Waals surface area contributed by atoms with Gasteiger partial charge in [-0.1, -0.05) is 30.3 Å². The lowest BCUT2D eigenvalue weighted by Gasteiger charge is -2.26. The van der Waals surface area contributed by atoms with Gasteiger partial charge in [0.25, 0.3) is 0 Å². The fourth-order valence-electron chi connectivity index (χ4n) is 3.47. The molecule has 2 unspecified atom stereocenters. The van der Waals surface area contributed by atoms with E-state index in [2.05, 4.69) is 20.5 Å². The van der Waals surface area contributed by atoms with Crippen LogP contribution in [0, 0.1) is 0 Å². The minimum atomic E-state index is -0.897. The number of benzene rings is 1. The highest BCUT2D eigenvalue weighted by Gasteiger charge is 2.25. The highest BCUT2D eigenvalue weighted by Crippen LogP contribution is 2.24. The first kappa shape index (κ1) is 23.9. The van der Waals surface area contributed by atoms with Crippen LogP contribution >= 0.6 is 24.0 Å². The molecular weight excluding hydrogens is 499 g/mol. The molecule has 1 saturated heterocycles. The van der Waals surface area contributed by atoms with Gasteiger partial charge in [-0.15, -0.1) is 24.0 Å². The maximum Gasteiger partial charge on any atom is 0.191 e. The topological polar surface area (TPSA) is 69.9 Å². The van der Waals surface area contributed by atoms with Gasteiger partial charge in [-0.25, -0.2) is 0 Å². The van der Waals surface area contributed by atoms with Crippen LogP contribution in [0.4, 0.5) is 0 Å². The summed E-state index contributed by atoms with van der Waals surface area (Å²) in [5.74, 6) is 2.88. The third-order valence-corrected chi connectivity index (χ3v) is 6.25. The Morgan fingerprint density at radius 1 is 1.17 bits per heavy atom. The second kappa shape index (κ2) is 13.0. The van der Waals surface area contributed by atoms with Gasteiger partial charge in [0, 0.05) is 42.4 Å². The van der Waals surface area contributed by atoms with Crippen molar-refractivity contribution >= 4 is 40.7 Å². The van der Waals surface area contributed by atoms with Crippen molar-refractivity contribution in [1.82, 2.24) is 15.5 Å². The molecule has 0 radical (unpaired) electrons. The molecule has 8 heteroatoms. The van der Waals surface area contributed by atoms with Crippen molar-refractivity contribution in [2.24, 2.45) is 4.99 Å². The van der Waals surface area contributed by atoms with Crippen LogP contribution < -0.4 is 10.6 Å². The molecule has 0 saturated carbocycles. The fraction of sp³-hybridized carbons (Fsp3) is 0.476. The van der Waals surface area contributed by atoms with Gasteiger partial charge in [0.2, 0.25) is 0 Å². The van der Waals surface area contributed by atoms with Crippen molar-refractivity contribution < 1.29 is 8.63 Å². The Morgan fingerprint density at radius 2 is 1.93 bits per heavy atom. The summed E-state index contributed by atoms with van der Waals surface area (Å²) in [5.41, 5.74) is 1.11. The van der Waals surface area contributed by atoms with Gasteiger partial charge >= 0.3 is 0 Å². The number of nitrogens with zero attached hydrogens (tertiary/aromatic N) is 2.